The highest BCUT2D eigenvalue weighted by atomic mass is 16.5. The molecule has 1 aromatic rings. The third kappa shape index (κ3) is 2.90. The van der Waals surface area contributed by atoms with Gasteiger partial charge in [-0.3, -0.25) is 4.79 Å². The molecule has 0 unspecified atom stereocenters. The van der Waals surface area contributed by atoms with Gasteiger partial charge in [0.25, 0.3) is 6.47 Å². The van der Waals surface area contributed by atoms with Crippen molar-refractivity contribution in [2.45, 2.75) is 26.4 Å². The molecule has 0 aliphatic carbocycles. The maximum absolute atomic E-state index is 10.0. The van der Waals surface area contributed by atoms with Gasteiger partial charge in [0.15, 0.2) is 0 Å². The normalized spacial score (nSPS) is 9.62. The number of ether oxygens (including phenoxy) is 1. The number of hydrogen-bond acceptors (Lipinski definition) is 2. The molecule has 1 aromatic carbocycles. The fourth-order valence-corrected chi connectivity index (χ4v) is 1.34. The van der Waals surface area contributed by atoms with Crippen LogP contribution in [0.3, 0.4) is 0 Å². The zero-order chi connectivity index (χ0) is 9.52. The van der Waals surface area contributed by atoms with Crippen LogP contribution in [0.15, 0.2) is 24.3 Å². The molecule has 0 radical (unpaired) electrons. The molecule has 0 aliphatic heterocycles. The summed E-state index contributed by atoms with van der Waals surface area (Å²) in [5.74, 6) is 0. The third-order valence-electron chi connectivity index (χ3n) is 1.94. The minimum atomic E-state index is 0.389. The first kappa shape index (κ1) is 9.78. The van der Waals surface area contributed by atoms with Gasteiger partial charge in [-0.15, -0.1) is 0 Å². The molecule has 70 valence electrons. The van der Waals surface area contributed by atoms with Crippen LogP contribution in [0.1, 0.15) is 24.5 Å². The fraction of sp³-hybridized carbons (Fsp3) is 0.364. The van der Waals surface area contributed by atoms with E-state index in [1.807, 2.05) is 18.2 Å². The number of hydrogen-bond donors (Lipinski definition) is 0. The van der Waals surface area contributed by atoms with Crippen LogP contribution in [-0.4, -0.2) is 6.47 Å². The van der Waals surface area contributed by atoms with Gasteiger partial charge in [-0.2, -0.15) is 0 Å². The summed E-state index contributed by atoms with van der Waals surface area (Å²) in [6.45, 7) is 3.01. The first-order valence-electron chi connectivity index (χ1n) is 4.50. The maximum atomic E-state index is 10.0. The first-order valence-corrected chi connectivity index (χ1v) is 4.50. The minimum Gasteiger partial charge on any atom is -0.463 e. The van der Waals surface area contributed by atoms with E-state index >= 15 is 0 Å². The standard InChI is InChI=1S/C11H14O2/c1-2-5-10-6-3-4-7-11(10)8-13-9-12/h3-4,6-7,9H,2,5,8H2,1H3. The molecule has 0 amide bonds. The topological polar surface area (TPSA) is 26.3 Å². The van der Waals surface area contributed by atoms with Gasteiger partial charge in [0, 0.05) is 0 Å². The molecule has 0 saturated carbocycles. The van der Waals surface area contributed by atoms with Gasteiger partial charge >= 0.3 is 0 Å². The average molecular weight is 178 g/mol. The number of aryl methyl sites for hydroxylation is 1. The van der Waals surface area contributed by atoms with Crippen molar-refractivity contribution in [3.8, 4) is 0 Å². The Bertz CT molecular complexity index is 269. The van der Waals surface area contributed by atoms with Crippen molar-refractivity contribution in [3.05, 3.63) is 35.4 Å². The second kappa shape index (κ2) is 5.36. The summed E-state index contributed by atoms with van der Waals surface area (Å²) < 4.78 is 4.73. The Hall–Kier alpha value is -1.31. The van der Waals surface area contributed by atoms with Crippen LogP contribution in [0, 0.1) is 0 Å². The van der Waals surface area contributed by atoms with Crippen LogP contribution in [0.2, 0.25) is 0 Å². The monoisotopic (exact) mass is 178 g/mol. The number of benzene rings is 1. The number of carbonyl (C=O) groups is 1. The minimum absolute atomic E-state index is 0.389. The van der Waals surface area contributed by atoms with Gasteiger partial charge < -0.3 is 4.74 Å². The van der Waals surface area contributed by atoms with Crippen molar-refractivity contribution in [1.29, 1.82) is 0 Å². The summed E-state index contributed by atoms with van der Waals surface area (Å²) in [5.41, 5.74) is 2.38. The largest absolute Gasteiger partial charge is 0.463 e. The summed E-state index contributed by atoms with van der Waals surface area (Å²) in [5, 5.41) is 0. The summed E-state index contributed by atoms with van der Waals surface area (Å²) >= 11 is 0. The lowest BCUT2D eigenvalue weighted by atomic mass is 10.0. The zero-order valence-electron chi connectivity index (χ0n) is 7.82. The average Bonchev–Trinajstić information content (AvgIpc) is 2.17. The second-order valence-corrected chi connectivity index (χ2v) is 2.93. The predicted molar refractivity (Wildman–Crippen MR) is 51.3 cm³/mol. The van der Waals surface area contributed by atoms with Crippen LogP contribution in [0.25, 0.3) is 0 Å². The van der Waals surface area contributed by atoms with E-state index in [9.17, 15) is 4.79 Å². The molecule has 1 rings (SSSR count). The van der Waals surface area contributed by atoms with E-state index < -0.39 is 0 Å². The van der Waals surface area contributed by atoms with Crippen molar-refractivity contribution < 1.29 is 9.53 Å². The van der Waals surface area contributed by atoms with E-state index in [-0.39, 0.29) is 0 Å². The van der Waals surface area contributed by atoms with Gasteiger partial charge in [-0.25, -0.2) is 0 Å². The van der Waals surface area contributed by atoms with E-state index in [1.54, 1.807) is 0 Å². The molecule has 0 bridgehead atoms. The Morgan fingerprint density at radius 3 is 2.62 bits per heavy atom. The quantitative estimate of drug-likeness (QED) is 0.647. The zero-order valence-corrected chi connectivity index (χ0v) is 7.82. The molecule has 0 aliphatic rings. The van der Waals surface area contributed by atoms with Gasteiger partial charge in [-0.1, -0.05) is 37.6 Å². The maximum Gasteiger partial charge on any atom is 0.293 e. The van der Waals surface area contributed by atoms with Crippen LogP contribution >= 0.6 is 0 Å². The predicted octanol–water partition coefficient (Wildman–Crippen LogP) is 2.31. The second-order valence-electron chi connectivity index (χ2n) is 2.93. The molecule has 0 fully saturated rings. The Morgan fingerprint density at radius 2 is 2.00 bits per heavy atom. The molecule has 0 heterocycles. The number of rotatable bonds is 5. The smallest absolute Gasteiger partial charge is 0.293 e. The molecule has 13 heavy (non-hydrogen) atoms. The summed E-state index contributed by atoms with van der Waals surface area (Å²) in [6.07, 6.45) is 2.15. The molecule has 0 N–H and O–H groups in total. The lowest BCUT2D eigenvalue weighted by Gasteiger charge is -2.06. The van der Waals surface area contributed by atoms with Gasteiger partial charge in [0.2, 0.25) is 0 Å². The van der Waals surface area contributed by atoms with Gasteiger partial charge in [0.1, 0.15) is 6.61 Å². The van der Waals surface area contributed by atoms with Gasteiger partial charge in [0.05, 0.1) is 0 Å². The SMILES string of the molecule is CCCc1ccccc1COC=O. The Morgan fingerprint density at radius 1 is 1.31 bits per heavy atom. The van der Waals surface area contributed by atoms with Crippen LogP contribution in [-0.2, 0) is 22.6 Å². The first-order chi connectivity index (χ1) is 6.38. The summed E-state index contributed by atoms with van der Waals surface area (Å²) in [6, 6.07) is 8.04. The lowest BCUT2D eigenvalue weighted by molar-refractivity contribution is -0.129. The molecule has 0 aromatic heterocycles. The Kier molecular flexibility index (Phi) is 4.03. The third-order valence-corrected chi connectivity index (χ3v) is 1.94. The molecular weight excluding hydrogens is 164 g/mol. The molecule has 2 heteroatoms. The van der Waals surface area contributed by atoms with Crippen molar-refractivity contribution in [1.82, 2.24) is 0 Å². The van der Waals surface area contributed by atoms with Gasteiger partial charge in [-0.05, 0) is 17.5 Å². The molecule has 2 nitrogen and oxygen atoms in total. The highest BCUT2D eigenvalue weighted by molar-refractivity contribution is 5.38. The van der Waals surface area contributed by atoms with Crippen molar-refractivity contribution in [3.63, 3.8) is 0 Å². The van der Waals surface area contributed by atoms with E-state index in [1.165, 1.54) is 5.56 Å². The van der Waals surface area contributed by atoms with Crippen LogP contribution in [0.4, 0.5) is 0 Å². The summed E-state index contributed by atoms with van der Waals surface area (Å²) in [7, 11) is 0. The van der Waals surface area contributed by atoms with Crippen LogP contribution < -0.4 is 0 Å². The highest BCUT2D eigenvalue weighted by Gasteiger charge is 1.99. The van der Waals surface area contributed by atoms with Crippen molar-refractivity contribution in [2.75, 3.05) is 0 Å². The Balaban J connectivity index is 2.71. The molecule has 0 spiro atoms. The van der Waals surface area contributed by atoms with Crippen molar-refractivity contribution in [2.24, 2.45) is 0 Å². The Labute approximate surface area is 78.5 Å². The molecule has 0 atom stereocenters. The summed E-state index contributed by atoms with van der Waals surface area (Å²) in [4.78, 5) is 10.0. The number of carbonyl (C=O) groups excluding carboxylic acids is 1. The van der Waals surface area contributed by atoms with E-state index in [0.717, 1.165) is 18.4 Å². The lowest BCUT2D eigenvalue weighted by Crippen LogP contribution is -1.96. The van der Waals surface area contributed by atoms with Crippen LogP contribution in [0.5, 0.6) is 0 Å². The van der Waals surface area contributed by atoms with Crippen molar-refractivity contribution >= 4 is 6.47 Å². The molecule has 0 saturated heterocycles. The highest BCUT2D eigenvalue weighted by Crippen LogP contribution is 2.11. The fourth-order valence-electron chi connectivity index (χ4n) is 1.34. The molecular formula is C11H14O2. The van der Waals surface area contributed by atoms with E-state index in [0.29, 0.717) is 13.1 Å². The van der Waals surface area contributed by atoms with E-state index in [2.05, 4.69) is 13.0 Å². The van der Waals surface area contributed by atoms with E-state index in [4.69, 9.17) is 4.74 Å².